The van der Waals surface area contributed by atoms with Crippen LogP contribution in [0.25, 0.3) is 0 Å². The van der Waals surface area contributed by atoms with E-state index >= 15 is 0 Å². The summed E-state index contributed by atoms with van der Waals surface area (Å²) in [6.07, 6.45) is 1.16. The monoisotopic (exact) mass is 316 g/mol. The fourth-order valence-corrected chi connectivity index (χ4v) is 2.87. The van der Waals surface area contributed by atoms with Gasteiger partial charge >= 0.3 is 19.5 Å². The molecule has 1 aromatic carbocycles. The van der Waals surface area contributed by atoms with Gasteiger partial charge in [0.15, 0.2) is 0 Å². The van der Waals surface area contributed by atoms with Gasteiger partial charge in [-0.15, -0.1) is 0 Å². The smallest absolute Gasteiger partial charge is 0.358 e. The van der Waals surface area contributed by atoms with Gasteiger partial charge in [-0.2, -0.15) is 0 Å². The van der Waals surface area contributed by atoms with Crippen molar-refractivity contribution in [3.05, 3.63) is 35.9 Å². The summed E-state index contributed by atoms with van der Waals surface area (Å²) >= 11 is 0. The van der Waals surface area contributed by atoms with Crippen LogP contribution in [0.4, 0.5) is 0 Å². The molecule has 0 amide bonds. The van der Waals surface area contributed by atoms with Crippen LogP contribution >= 0.6 is 7.60 Å². The molecule has 0 heterocycles. The van der Waals surface area contributed by atoms with Crippen molar-refractivity contribution in [2.45, 2.75) is 24.9 Å². The molecule has 8 heteroatoms. The normalized spacial score (nSPS) is 14.2. The minimum absolute atomic E-state index is 0.100. The lowest BCUT2D eigenvalue weighted by atomic mass is 9.98. The van der Waals surface area contributed by atoms with Crippen molar-refractivity contribution in [2.75, 3.05) is 6.61 Å². The fraction of sp³-hybridized carbons (Fsp3) is 0.385. The predicted molar refractivity (Wildman–Crippen MR) is 73.7 cm³/mol. The quantitative estimate of drug-likeness (QED) is 0.301. The maximum atomic E-state index is 12.1. The minimum atomic E-state index is -5.36. The maximum Gasteiger partial charge on any atom is 0.358 e. The number of rotatable bonds is 7. The average molecular weight is 316 g/mol. The fourth-order valence-electron chi connectivity index (χ4n) is 1.83. The molecule has 116 valence electrons. The number of carboxylic acid groups (broad SMARTS) is 1. The van der Waals surface area contributed by atoms with E-state index in [-0.39, 0.29) is 12.2 Å². The molecule has 0 aliphatic rings. The molecule has 1 rings (SSSR count). The molecule has 7 nitrogen and oxygen atoms in total. The first-order chi connectivity index (χ1) is 9.78. The van der Waals surface area contributed by atoms with Crippen LogP contribution in [-0.4, -0.2) is 33.4 Å². The van der Waals surface area contributed by atoms with E-state index in [1.807, 2.05) is 6.92 Å². The highest BCUT2D eigenvalue weighted by Gasteiger charge is 2.63. The number of ether oxygens (including phenoxy) is 1. The Morgan fingerprint density at radius 3 is 2.24 bits per heavy atom. The highest BCUT2D eigenvalue weighted by Crippen LogP contribution is 2.58. The zero-order valence-electron chi connectivity index (χ0n) is 11.4. The van der Waals surface area contributed by atoms with E-state index in [9.17, 15) is 29.0 Å². The third-order valence-electron chi connectivity index (χ3n) is 2.96. The van der Waals surface area contributed by atoms with Crippen molar-refractivity contribution in [1.29, 1.82) is 0 Å². The number of carbonyl (C=O) groups is 2. The average Bonchev–Trinajstić information content (AvgIpc) is 2.39. The van der Waals surface area contributed by atoms with Crippen molar-refractivity contribution in [3.8, 4) is 0 Å². The van der Waals surface area contributed by atoms with E-state index in [0.717, 1.165) is 0 Å². The van der Waals surface area contributed by atoms with E-state index in [0.29, 0.717) is 12.8 Å². The van der Waals surface area contributed by atoms with E-state index < -0.39 is 24.7 Å². The SMILES string of the molecule is CCCCOC(=O)C(C(=O)O)(c1ccccc1)P(=O)(O)O. The summed E-state index contributed by atoms with van der Waals surface area (Å²) in [5.74, 6) is -3.40. The number of esters is 1. The molecule has 1 atom stereocenters. The van der Waals surface area contributed by atoms with Crippen LogP contribution in [0, 0.1) is 0 Å². The van der Waals surface area contributed by atoms with Crippen LogP contribution in [0.15, 0.2) is 30.3 Å². The van der Waals surface area contributed by atoms with Crippen molar-refractivity contribution in [1.82, 2.24) is 0 Å². The number of hydrogen-bond acceptors (Lipinski definition) is 4. The van der Waals surface area contributed by atoms with Crippen LogP contribution < -0.4 is 0 Å². The molecule has 21 heavy (non-hydrogen) atoms. The number of unbranched alkanes of at least 4 members (excludes halogenated alkanes) is 1. The highest BCUT2D eigenvalue weighted by atomic mass is 31.2. The largest absolute Gasteiger partial charge is 0.480 e. The van der Waals surface area contributed by atoms with Gasteiger partial charge in [0.1, 0.15) is 0 Å². The van der Waals surface area contributed by atoms with Gasteiger partial charge in [-0.25, -0.2) is 9.59 Å². The lowest BCUT2D eigenvalue weighted by molar-refractivity contribution is -0.157. The Kier molecular flexibility index (Phi) is 5.66. The second-order valence-electron chi connectivity index (χ2n) is 4.42. The molecule has 0 aliphatic carbocycles. The van der Waals surface area contributed by atoms with Crippen LogP contribution in [0.3, 0.4) is 0 Å². The lowest BCUT2D eigenvalue weighted by Gasteiger charge is -2.28. The molecule has 3 N–H and O–H groups in total. The second kappa shape index (κ2) is 6.85. The summed E-state index contributed by atoms with van der Waals surface area (Å²) in [6, 6.07) is 6.67. The van der Waals surface area contributed by atoms with E-state index in [1.54, 1.807) is 0 Å². The number of aliphatic carboxylic acids is 1. The number of carbonyl (C=O) groups excluding carboxylic acids is 1. The summed E-state index contributed by atoms with van der Waals surface area (Å²) in [7, 11) is -5.36. The van der Waals surface area contributed by atoms with Gasteiger partial charge in [0.2, 0.25) is 0 Å². The van der Waals surface area contributed by atoms with Gasteiger partial charge in [0, 0.05) is 0 Å². The Morgan fingerprint density at radius 2 is 1.81 bits per heavy atom. The van der Waals surface area contributed by atoms with Crippen LogP contribution in [-0.2, 0) is 24.0 Å². The Hall–Kier alpha value is -1.69. The van der Waals surface area contributed by atoms with Gasteiger partial charge in [0.25, 0.3) is 5.16 Å². The molecule has 0 aromatic heterocycles. The molecule has 0 saturated carbocycles. The molecule has 1 unspecified atom stereocenters. The van der Waals surface area contributed by atoms with E-state index in [2.05, 4.69) is 0 Å². The number of hydrogen-bond donors (Lipinski definition) is 3. The summed E-state index contributed by atoms with van der Waals surface area (Å²) in [6.45, 7) is 1.73. The first-order valence-corrected chi connectivity index (χ1v) is 7.91. The van der Waals surface area contributed by atoms with Gasteiger partial charge in [-0.3, -0.25) is 4.57 Å². The predicted octanol–water partition coefficient (Wildman–Crippen LogP) is 1.49. The van der Waals surface area contributed by atoms with Gasteiger partial charge in [-0.05, 0) is 12.0 Å². The Bertz CT molecular complexity index is 551. The Balaban J connectivity index is 3.38. The first kappa shape index (κ1) is 17.4. The van der Waals surface area contributed by atoms with Gasteiger partial charge in [-0.1, -0.05) is 43.7 Å². The molecule has 0 bridgehead atoms. The third-order valence-corrected chi connectivity index (χ3v) is 4.47. The van der Waals surface area contributed by atoms with Crippen molar-refractivity contribution < 1.29 is 33.8 Å². The van der Waals surface area contributed by atoms with Crippen LogP contribution in [0.5, 0.6) is 0 Å². The molecule has 0 aliphatic heterocycles. The minimum Gasteiger partial charge on any atom is -0.480 e. The number of benzene rings is 1. The standard InChI is InChI=1S/C13H17O7P/c1-2-3-9-20-12(16)13(11(14)15,21(17,18)19)10-7-5-4-6-8-10/h4-8H,2-3,9H2,1H3,(H,14,15)(H2,17,18,19). The Labute approximate surface area is 121 Å². The molecule has 0 spiro atoms. The third kappa shape index (κ3) is 3.32. The zero-order chi connectivity index (χ0) is 16.1. The molecular weight excluding hydrogens is 299 g/mol. The maximum absolute atomic E-state index is 12.1. The van der Waals surface area contributed by atoms with E-state index in [4.69, 9.17) is 4.74 Å². The van der Waals surface area contributed by atoms with Crippen LogP contribution in [0.2, 0.25) is 0 Å². The molecule has 0 radical (unpaired) electrons. The summed E-state index contributed by atoms with van der Waals surface area (Å²) in [5.41, 5.74) is -0.313. The number of carboxylic acids is 1. The molecular formula is C13H17O7P. The second-order valence-corrected chi connectivity index (χ2v) is 6.17. The summed E-state index contributed by atoms with van der Waals surface area (Å²) in [5, 5.41) is 6.31. The van der Waals surface area contributed by atoms with Crippen molar-refractivity contribution in [2.24, 2.45) is 0 Å². The topological polar surface area (TPSA) is 121 Å². The van der Waals surface area contributed by atoms with Gasteiger partial charge < -0.3 is 19.6 Å². The highest BCUT2D eigenvalue weighted by molar-refractivity contribution is 7.55. The van der Waals surface area contributed by atoms with Crippen molar-refractivity contribution in [3.63, 3.8) is 0 Å². The lowest BCUT2D eigenvalue weighted by Crippen LogP contribution is -2.44. The first-order valence-electron chi connectivity index (χ1n) is 6.30. The summed E-state index contributed by atoms with van der Waals surface area (Å²) in [4.78, 5) is 42.7. The molecule has 1 aromatic rings. The zero-order valence-corrected chi connectivity index (χ0v) is 12.3. The molecule has 0 fully saturated rings. The molecule has 0 saturated heterocycles. The van der Waals surface area contributed by atoms with Crippen LogP contribution in [0.1, 0.15) is 25.3 Å². The Morgan fingerprint density at radius 1 is 1.24 bits per heavy atom. The summed E-state index contributed by atoms with van der Waals surface area (Å²) < 4.78 is 16.6. The van der Waals surface area contributed by atoms with Crippen molar-refractivity contribution >= 4 is 19.5 Å². The van der Waals surface area contributed by atoms with E-state index in [1.165, 1.54) is 30.3 Å². The van der Waals surface area contributed by atoms with Gasteiger partial charge in [0.05, 0.1) is 6.61 Å².